The number of β-amino-alcohol motifs (C(OH)–C–C–N with tert-alkyl or cyclic N) is 1. The maximum absolute atomic E-state index is 10.0. The number of hydrogen-bond donors (Lipinski definition) is 2. The highest BCUT2D eigenvalue weighted by atomic mass is 35.5. The SMILES string of the molecule is COc1cc(C)c(Cl)c(COc2cnc(Nc3cnn(C4CCN(CC(C)(C)O)CC4)c3)nc2)c1Cl. The summed E-state index contributed by atoms with van der Waals surface area (Å²) in [7, 11) is 1.56. The van der Waals surface area contributed by atoms with Crippen molar-refractivity contribution in [2.45, 2.75) is 51.9 Å². The zero-order valence-corrected chi connectivity index (χ0v) is 22.5. The molecule has 4 rings (SSSR count). The van der Waals surface area contributed by atoms with E-state index in [2.05, 4.69) is 25.3 Å². The number of aryl methyl sites for hydroxylation is 1. The van der Waals surface area contributed by atoms with E-state index < -0.39 is 5.60 Å². The Hall–Kier alpha value is -2.59. The first-order valence-electron chi connectivity index (χ1n) is 11.8. The molecular weight excluding hydrogens is 503 g/mol. The minimum Gasteiger partial charge on any atom is -0.495 e. The molecule has 1 aliphatic rings. The number of piperidine rings is 1. The van der Waals surface area contributed by atoms with Crippen LogP contribution in [0.1, 0.15) is 43.9 Å². The number of methoxy groups -OCH3 is 1. The average molecular weight is 535 g/mol. The van der Waals surface area contributed by atoms with E-state index in [1.807, 2.05) is 31.6 Å². The number of benzene rings is 1. The number of anilines is 2. The standard InChI is InChI=1S/C25H32Cl2N6O3/c1-16-9-21(35-4)23(27)20(22(16)26)14-36-19-11-28-24(29-12-19)31-17-10-30-33(13-17)18-5-7-32(8-6-18)15-25(2,3)34/h9-13,18,34H,5-8,14-15H2,1-4H3,(H,28,29,31). The van der Waals surface area contributed by atoms with Crippen molar-refractivity contribution in [2.75, 3.05) is 32.1 Å². The zero-order chi connectivity index (χ0) is 25.9. The fraction of sp³-hybridized carbons (Fsp3) is 0.480. The van der Waals surface area contributed by atoms with Gasteiger partial charge in [0, 0.05) is 31.4 Å². The molecule has 0 spiro atoms. The lowest BCUT2D eigenvalue weighted by molar-refractivity contribution is 0.0246. The Kier molecular flexibility index (Phi) is 8.24. The highest BCUT2D eigenvalue weighted by Gasteiger charge is 2.25. The maximum atomic E-state index is 10.0. The normalized spacial score (nSPS) is 15.2. The number of aliphatic hydroxyl groups is 1. The second kappa shape index (κ2) is 11.2. The van der Waals surface area contributed by atoms with E-state index in [-0.39, 0.29) is 6.61 Å². The molecule has 0 amide bonds. The molecule has 1 aromatic carbocycles. The van der Waals surface area contributed by atoms with Crippen LogP contribution in [0.3, 0.4) is 0 Å². The summed E-state index contributed by atoms with van der Waals surface area (Å²) in [5.74, 6) is 1.48. The number of aromatic nitrogens is 4. The summed E-state index contributed by atoms with van der Waals surface area (Å²) >= 11 is 12.8. The van der Waals surface area contributed by atoms with Crippen molar-refractivity contribution in [3.8, 4) is 11.5 Å². The molecule has 0 radical (unpaired) electrons. The molecule has 0 unspecified atom stereocenters. The number of likely N-dealkylation sites (tertiary alicyclic amines) is 1. The summed E-state index contributed by atoms with van der Waals surface area (Å²) in [6, 6.07) is 2.12. The molecule has 0 atom stereocenters. The molecule has 1 saturated heterocycles. The molecule has 11 heteroatoms. The minimum absolute atomic E-state index is 0.160. The number of ether oxygens (including phenoxy) is 2. The summed E-state index contributed by atoms with van der Waals surface area (Å²) in [6.07, 6.45) is 8.90. The Balaban J connectivity index is 1.32. The smallest absolute Gasteiger partial charge is 0.227 e. The van der Waals surface area contributed by atoms with E-state index in [4.69, 9.17) is 32.7 Å². The van der Waals surface area contributed by atoms with Crippen LogP contribution < -0.4 is 14.8 Å². The number of rotatable bonds is 9. The van der Waals surface area contributed by atoms with Crippen LogP contribution in [0, 0.1) is 6.92 Å². The average Bonchev–Trinajstić information content (AvgIpc) is 3.30. The van der Waals surface area contributed by atoms with Crippen molar-refractivity contribution in [2.24, 2.45) is 0 Å². The van der Waals surface area contributed by atoms with Gasteiger partial charge in [0.05, 0.1) is 53.1 Å². The summed E-state index contributed by atoms with van der Waals surface area (Å²) in [5.41, 5.74) is 1.64. The van der Waals surface area contributed by atoms with E-state index in [1.165, 1.54) is 0 Å². The lowest BCUT2D eigenvalue weighted by Crippen LogP contribution is -2.43. The quantitative estimate of drug-likeness (QED) is 0.394. The van der Waals surface area contributed by atoms with Crippen molar-refractivity contribution in [1.29, 1.82) is 0 Å². The fourth-order valence-corrected chi connectivity index (χ4v) is 4.85. The van der Waals surface area contributed by atoms with Gasteiger partial charge in [0.1, 0.15) is 12.4 Å². The van der Waals surface area contributed by atoms with Crippen molar-refractivity contribution in [3.63, 3.8) is 0 Å². The first-order chi connectivity index (χ1) is 17.1. The van der Waals surface area contributed by atoms with Gasteiger partial charge in [-0.1, -0.05) is 23.2 Å². The predicted molar refractivity (Wildman–Crippen MR) is 141 cm³/mol. The van der Waals surface area contributed by atoms with Crippen LogP contribution in [0.4, 0.5) is 11.6 Å². The van der Waals surface area contributed by atoms with Gasteiger partial charge < -0.3 is 24.8 Å². The van der Waals surface area contributed by atoms with Gasteiger partial charge in [-0.15, -0.1) is 0 Å². The molecule has 3 aromatic rings. The summed E-state index contributed by atoms with van der Waals surface area (Å²) in [5, 5.41) is 18.7. The molecule has 1 fully saturated rings. The first-order valence-corrected chi connectivity index (χ1v) is 12.6. The van der Waals surface area contributed by atoms with Gasteiger partial charge in [-0.3, -0.25) is 4.68 Å². The highest BCUT2D eigenvalue weighted by molar-refractivity contribution is 6.37. The van der Waals surface area contributed by atoms with Gasteiger partial charge in [-0.05, 0) is 45.2 Å². The predicted octanol–water partition coefficient (Wildman–Crippen LogP) is 5.03. The van der Waals surface area contributed by atoms with Crippen LogP contribution in [0.5, 0.6) is 11.5 Å². The van der Waals surface area contributed by atoms with E-state index in [0.29, 0.717) is 45.6 Å². The Morgan fingerprint density at radius 1 is 1.14 bits per heavy atom. The first kappa shape index (κ1) is 26.5. The second-order valence-corrected chi connectivity index (χ2v) is 10.4. The lowest BCUT2D eigenvalue weighted by Gasteiger charge is -2.35. The van der Waals surface area contributed by atoms with Gasteiger partial charge in [-0.25, -0.2) is 9.97 Å². The third-order valence-electron chi connectivity index (χ3n) is 6.07. The Bertz CT molecular complexity index is 1170. The molecular formula is C25H32Cl2N6O3. The van der Waals surface area contributed by atoms with Crippen molar-refractivity contribution in [1.82, 2.24) is 24.6 Å². The lowest BCUT2D eigenvalue weighted by atomic mass is 10.0. The monoisotopic (exact) mass is 534 g/mol. The number of nitrogens with one attached hydrogen (secondary N) is 1. The third-order valence-corrected chi connectivity index (χ3v) is 7.01. The van der Waals surface area contributed by atoms with Crippen molar-refractivity contribution < 1.29 is 14.6 Å². The van der Waals surface area contributed by atoms with Crippen LogP contribution in [-0.4, -0.2) is 62.1 Å². The second-order valence-electron chi connectivity index (χ2n) is 9.69. The highest BCUT2D eigenvalue weighted by Crippen LogP contribution is 2.36. The number of halogens is 2. The Labute approximate surface area is 221 Å². The van der Waals surface area contributed by atoms with Gasteiger partial charge in [0.15, 0.2) is 5.75 Å². The van der Waals surface area contributed by atoms with Gasteiger partial charge >= 0.3 is 0 Å². The van der Waals surface area contributed by atoms with E-state index in [9.17, 15) is 5.11 Å². The zero-order valence-electron chi connectivity index (χ0n) is 21.0. The molecule has 0 saturated carbocycles. The molecule has 36 heavy (non-hydrogen) atoms. The molecule has 0 bridgehead atoms. The van der Waals surface area contributed by atoms with Gasteiger partial charge in [0.2, 0.25) is 5.95 Å². The van der Waals surface area contributed by atoms with E-state index >= 15 is 0 Å². The number of nitrogens with zero attached hydrogens (tertiary/aromatic N) is 5. The third kappa shape index (κ3) is 6.59. The molecule has 2 N–H and O–H groups in total. The van der Waals surface area contributed by atoms with E-state index in [1.54, 1.807) is 31.8 Å². The van der Waals surface area contributed by atoms with Gasteiger partial charge in [0.25, 0.3) is 0 Å². The Morgan fingerprint density at radius 3 is 2.47 bits per heavy atom. The van der Waals surface area contributed by atoms with E-state index in [0.717, 1.165) is 37.2 Å². The molecule has 9 nitrogen and oxygen atoms in total. The largest absolute Gasteiger partial charge is 0.495 e. The molecule has 194 valence electrons. The summed E-state index contributed by atoms with van der Waals surface area (Å²) < 4.78 is 13.1. The van der Waals surface area contributed by atoms with Crippen molar-refractivity contribution >= 4 is 34.8 Å². The van der Waals surface area contributed by atoms with Crippen molar-refractivity contribution in [3.05, 3.63) is 52.0 Å². The molecule has 0 aliphatic carbocycles. The van der Waals surface area contributed by atoms with Crippen LogP contribution in [0.15, 0.2) is 30.9 Å². The maximum Gasteiger partial charge on any atom is 0.227 e. The van der Waals surface area contributed by atoms with Crippen LogP contribution >= 0.6 is 23.2 Å². The molecule has 2 aromatic heterocycles. The Morgan fingerprint density at radius 2 is 1.83 bits per heavy atom. The summed E-state index contributed by atoms with van der Waals surface area (Å²) in [6.45, 7) is 8.30. The fourth-order valence-electron chi connectivity index (χ4n) is 4.31. The van der Waals surface area contributed by atoms with Crippen LogP contribution in [0.25, 0.3) is 0 Å². The number of hydrogen-bond acceptors (Lipinski definition) is 8. The van der Waals surface area contributed by atoms with Crippen LogP contribution in [0.2, 0.25) is 10.0 Å². The molecule has 1 aliphatic heterocycles. The van der Waals surface area contributed by atoms with Gasteiger partial charge in [-0.2, -0.15) is 5.10 Å². The minimum atomic E-state index is -0.676. The topological polar surface area (TPSA) is 97.6 Å². The molecule has 3 heterocycles. The summed E-state index contributed by atoms with van der Waals surface area (Å²) in [4.78, 5) is 11.0. The van der Waals surface area contributed by atoms with Crippen LogP contribution in [-0.2, 0) is 6.61 Å².